The van der Waals surface area contributed by atoms with Gasteiger partial charge in [0.1, 0.15) is 11.5 Å². The van der Waals surface area contributed by atoms with E-state index < -0.39 is 0 Å². The molecule has 0 saturated carbocycles. The fourth-order valence-electron chi connectivity index (χ4n) is 1.40. The third-order valence-corrected chi connectivity index (χ3v) is 2.62. The summed E-state index contributed by atoms with van der Waals surface area (Å²) in [4.78, 5) is 3.84. The van der Waals surface area contributed by atoms with Crippen molar-refractivity contribution >= 4 is 17.5 Å². The maximum atomic E-state index is 6.08. The molecule has 0 aliphatic rings. The van der Waals surface area contributed by atoms with Gasteiger partial charge >= 0.3 is 0 Å². The average molecular weight is 227 g/mol. The van der Waals surface area contributed by atoms with E-state index in [0.717, 1.165) is 11.3 Å². The van der Waals surface area contributed by atoms with E-state index in [1.807, 2.05) is 6.92 Å². The predicted molar refractivity (Wildman–Crippen MR) is 56.5 cm³/mol. The lowest BCUT2D eigenvalue weighted by Crippen LogP contribution is -2.02. The first-order valence-electron chi connectivity index (χ1n) is 4.41. The molecule has 0 fully saturated rings. The summed E-state index contributed by atoms with van der Waals surface area (Å²) in [5, 5.41) is 8.80. The molecule has 0 aromatic carbocycles. The van der Waals surface area contributed by atoms with Crippen molar-refractivity contribution in [3.8, 4) is 0 Å². The fourth-order valence-corrected chi connectivity index (χ4v) is 1.64. The first kappa shape index (κ1) is 9.97. The molecule has 0 radical (unpaired) electrons. The van der Waals surface area contributed by atoms with Crippen LogP contribution in [0.4, 0.5) is 5.95 Å². The Kier molecular flexibility index (Phi) is 2.36. The largest absolute Gasteiger partial charge is 0.367 e. The van der Waals surface area contributed by atoms with Gasteiger partial charge in [0.15, 0.2) is 0 Å². The lowest BCUT2D eigenvalue weighted by Gasteiger charge is -1.99. The minimum atomic E-state index is 0.257. The van der Waals surface area contributed by atoms with Crippen molar-refractivity contribution in [1.82, 2.24) is 24.5 Å². The van der Waals surface area contributed by atoms with E-state index in [1.165, 1.54) is 0 Å². The topological polar surface area (TPSA) is 74.5 Å². The second-order valence-corrected chi connectivity index (χ2v) is 3.64. The summed E-state index contributed by atoms with van der Waals surface area (Å²) in [6.45, 7) is 2.43. The van der Waals surface area contributed by atoms with Crippen LogP contribution in [0.5, 0.6) is 0 Å². The van der Waals surface area contributed by atoms with Crippen molar-refractivity contribution in [3.05, 3.63) is 22.7 Å². The minimum Gasteiger partial charge on any atom is -0.367 e. The smallest absolute Gasteiger partial charge is 0.239 e. The van der Waals surface area contributed by atoms with Gasteiger partial charge in [-0.2, -0.15) is 5.10 Å². The fraction of sp³-hybridized carbons (Fsp3) is 0.375. The quantitative estimate of drug-likeness (QED) is 0.814. The number of aromatic nitrogens is 5. The van der Waals surface area contributed by atoms with Crippen LogP contribution in [0.25, 0.3) is 0 Å². The lowest BCUT2D eigenvalue weighted by molar-refractivity contribution is 0.684. The van der Waals surface area contributed by atoms with E-state index in [2.05, 4.69) is 15.2 Å². The Hall–Kier alpha value is -1.56. The van der Waals surface area contributed by atoms with Crippen LogP contribution in [0.3, 0.4) is 0 Å². The van der Waals surface area contributed by atoms with Gasteiger partial charge in [-0.1, -0.05) is 11.6 Å². The van der Waals surface area contributed by atoms with Gasteiger partial charge in [-0.25, -0.2) is 9.67 Å². The standard InChI is InChI=1S/C8H11ClN6/c1-5-6(7(9)14(2)12-5)3-15-4-11-8(10)13-15/h4H,3H2,1-2H3,(H2,10,13). The number of hydrogen-bond donors (Lipinski definition) is 1. The van der Waals surface area contributed by atoms with Crippen molar-refractivity contribution in [2.45, 2.75) is 13.5 Å². The molecule has 0 amide bonds. The van der Waals surface area contributed by atoms with Crippen LogP contribution < -0.4 is 5.73 Å². The number of nitrogens with zero attached hydrogens (tertiary/aromatic N) is 5. The average Bonchev–Trinajstić information content (AvgIpc) is 2.67. The molecule has 0 unspecified atom stereocenters. The molecule has 2 rings (SSSR count). The minimum absolute atomic E-state index is 0.257. The molecule has 15 heavy (non-hydrogen) atoms. The maximum absolute atomic E-state index is 6.08. The number of nitrogens with two attached hydrogens (primary N) is 1. The predicted octanol–water partition coefficient (Wildman–Crippen LogP) is 0.604. The van der Waals surface area contributed by atoms with Gasteiger partial charge in [-0.05, 0) is 6.92 Å². The van der Waals surface area contributed by atoms with Crippen LogP contribution in [0.2, 0.25) is 5.15 Å². The highest BCUT2D eigenvalue weighted by molar-refractivity contribution is 6.30. The SMILES string of the molecule is Cc1nn(C)c(Cl)c1Cn1cnc(N)n1. The summed E-state index contributed by atoms with van der Waals surface area (Å²) in [5.74, 6) is 0.257. The van der Waals surface area contributed by atoms with Crippen LogP contribution in [0.1, 0.15) is 11.3 Å². The first-order valence-corrected chi connectivity index (χ1v) is 4.78. The number of halogens is 1. The Morgan fingerprint density at radius 2 is 2.20 bits per heavy atom. The molecule has 0 aliphatic heterocycles. The normalized spacial score (nSPS) is 10.9. The third kappa shape index (κ3) is 1.80. The van der Waals surface area contributed by atoms with Crippen LogP contribution >= 0.6 is 11.6 Å². The Morgan fingerprint density at radius 3 is 2.67 bits per heavy atom. The van der Waals surface area contributed by atoms with Gasteiger partial charge in [0.05, 0.1) is 12.2 Å². The van der Waals surface area contributed by atoms with Gasteiger partial charge in [-0.3, -0.25) is 4.68 Å². The summed E-state index contributed by atoms with van der Waals surface area (Å²) in [6, 6.07) is 0. The molecule has 2 aromatic heterocycles. The Labute approximate surface area is 91.7 Å². The number of anilines is 1. The number of hydrogen-bond acceptors (Lipinski definition) is 4. The van der Waals surface area contributed by atoms with E-state index in [1.54, 1.807) is 22.7 Å². The number of aryl methyl sites for hydroxylation is 2. The molecule has 7 heteroatoms. The molecule has 0 aliphatic carbocycles. The van der Waals surface area contributed by atoms with Crippen LogP contribution in [0.15, 0.2) is 6.33 Å². The molecule has 0 saturated heterocycles. The molecule has 6 nitrogen and oxygen atoms in total. The number of nitrogen functional groups attached to an aromatic ring is 1. The van der Waals surface area contributed by atoms with E-state index >= 15 is 0 Å². The first-order chi connectivity index (χ1) is 7.08. The molecular formula is C8H11ClN6. The molecule has 2 N–H and O–H groups in total. The second kappa shape index (κ2) is 3.54. The van der Waals surface area contributed by atoms with Gasteiger partial charge in [0, 0.05) is 12.6 Å². The summed E-state index contributed by atoms with van der Waals surface area (Å²) in [5.41, 5.74) is 7.24. The zero-order valence-electron chi connectivity index (χ0n) is 8.48. The molecular weight excluding hydrogens is 216 g/mol. The highest BCUT2D eigenvalue weighted by Crippen LogP contribution is 2.19. The Balaban J connectivity index is 2.31. The summed E-state index contributed by atoms with van der Waals surface area (Å²) in [6.07, 6.45) is 1.57. The molecule has 0 spiro atoms. The Morgan fingerprint density at radius 1 is 1.47 bits per heavy atom. The van der Waals surface area contributed by atoms with E-state index in [4.69, 9.17) is 17.3 Å². The van der Waals surface area contributed by atoms with Gasteiger partial charge < -0.3 is 5.73 Å². The maximum Gasteiger partial charge on any atom is 0.239 e. The van der Waals surface area contributed by atoms with Crippen LogP contribution in [-0.2, 0) is 13.6 Å². The zero-order valence-corrected chi connectivity index (χ0v) is 9.23. The van der Waals surface area contributed by atoms with Gasteiger partial charge in [0.25, 0.3) is 0 Å². The third-order valence-electron chi connectivity index (χ3n) is 2.14. The van der Waals surface area contributed by atoms with Crippen molar-refractivity contribution < 1.29 is 0 Å². The Bertz CT molecular complexity index is 485. The zero-order chi connectivity index (χ0) is 11.0. The van der Waals surface area contributed by atoms with Gasteiger partial charge in [0.2, 0.25) is 5.95 Å². The molecule has 80 valence electrons. The van der Waals surface area contributed by atoms with Crippen molar-refractivity contribution in [2.75, 3.05) is 5.73 Å². The van der Waals surface area contributed by atoms with E-state index in [0.29, 0.717) is 11.7 Å². The molecule has 0 atom stereocenters. The molecule has 2 aromatic rings. The van der Waals surface area contributed by atoms with Crippen LogP contribution in [0, 0.1) is 6.92 Å². The molecule has 2 heterocycles. The lowest BCUT2D eigenvalue weighted by atomic mass is 10.3. The van der Waals surface area contributed by atoms with E-state index in [-0.39, 0.29) is 5.95 Å². The molecule has 0 bridgehead atoms. The highest BCUT2D eigenvalue weighted by Gasteiger charge is 2.12. The second-order valence-electron chi connectivity index (χ2n) is 3.28. The van der Waals surface area contributed by atoms with Crippen molar-refractivity contribution in [3.63, 3.8) is 0 Å². The van der Waals surface area contributed by atoms with Crippen LogP contribution in [-0.4, -0.2) is 24.5 Å². The van der Waals surface area contributed by atoms with Crippen molar-refractivity contribution in [1.29, 1.82) is 0 Å². The highest BCUT2D eigenvalue weighted by atomic mass is 35.5. The summed E-state index contributed by atoms with van der Waals surface area (Å²) in [7, 11) is 1.80. The van der Waals surface area contributed by atoms with Gasteiger partial charge in [-0.15, -0.1) is 5.10 Å². The van der Waals surface area contributed by atoms with E-state index in [9.17, 15) is 0 Å². The monoisotopic (exact) mass is 226 g/mol. The summed E-state index contributed by atoms with van der Waals surface area (Å²) < 4.78 is 3.26. The van der Waals surface area contributed by atoms with Crippen molar-refractivity contribution in [2.24, 2.45) is 7.05 Å². The summed E-state index contributed by atoms with van der Waals surface area (Å²) >= 11 is 6.08. The number of rotatable bonds is 2.